The van der Waals surface area contributed by atoms with Crippen molar-refractivity contribution in [3.63, 3.8) is 0 Å². The predicted molar refractivity (Wildman–Crippen MR) is 67.1 cm³/mol. The molecule has 1 aromatic rings. The van der Waals surface area contributed by atoms with Gasteiger partial charge < -0.3 is 16.2 Å². The molecule has 0 spiro atoms. The van der Waals surface area contributed by atoms with Crippen LogP contribution in [0.15, 0.2) is 18.2 Å². The second-order valence-electron chi connectivity index (χ2n) is 4.78. The number of carboxylic acid groups (broad SMARTS) is 1. The lowest BCUT2D eigenvalue weighted by Gasteiger charge is -2.25. The van der Waals surface area contributed by atoms with Crippen molar-refractivity contribution >= 4 is 17.6 Å². The Hall–Kier alpha value is -2.11. The first kappa shape index (κ1) is 13.3. The van der Waals surface area contributed by atoms with E-state index in [4.69, 9.17) is 5.73 Å². The van der Waals surface area contributed by atoms with Crippen molar-refractivity contribution < 1.29 is 19.1 Å². The molecule has 1 saturated carbocycles. The lowest BCUT2D eigenvalue weighted by Crippen LogP contribution is -2.52. The summed E-state index contributed by atoms with van der Waals surface area (Å²) in [6, 6.07) is 3.67. The maximum atomic E-state index is 13.3. The third-order valence-electron chi connectivity index (χ3n) is 3.48. The molecular weight excluding hydrogens is 251 g/mol. The van der Waals surface area contributed by atoms with Gasteiger partial charge in [0.15, 0.2) is 0 Å². The largest absolute Gasteiger partial charge is 0.480 e. The fourth-order valence-electron chi connectivity index (χ4n) is 2.33. The van der Waals surface area contributed by atoms with Crippen molar-refractivity contribution in [1.29, 1.82) is 0 Å². The molecule has 1 aromatic carbocycles. The number of nitrogens with two attached hydrogens (primary N) is 1. The zero-order chi connectivity index (χ0) is 14.0. The first-order valence-corrected chi connectivity index (χ1v) is 6.05. The molecule has 0 heterocycles. The summed E-state index contributed by atoms with van der Waals surface area (Å²) < 4.78 is 13.3. The normalized spacial score (nSPS) is 17.1. The van der Waals surface area contributed by atoms with Gasteiger partial charge in [0.1, 0.15) is 11.4 Å². The molecule has 0 unspecified atom stereocenters. The Labute approximate surface area is 109 Å². The van der Waals surface area contributed by atoms with E-state index in [0.717, 1.165) is 18.9 Å². The maximum Gasteiger partial charge on any atom is 0.329 e. The number of halogens is 1. The molecule has 0 atom stereocenters. The number of amides is 1. The van der Waals surface area contributed by atoms with Gasteiger partial charge in [0.05, 0.1) is 5.69 Å². The van der Waals surface area contributed by atoms with Crippen LogP contribution in [0.5, 0.6) is 0 Å². The molecule has 0 aromatic heterocycles. The first-order valence-electron chi connectivity index (χ1n) is 6.05. The van der Waals surface area contributed by atoms with Crippen LogP contribution in [-0.4, -0.2) is 22.5 Å². The number of aliphatic carboxylic acids is 1. The quantitative estimate of drug-likeness (QED) is 0.723. The van der Waals surface area contributed by atoms with Crippen molar-refractivity contribution in [2.45, 2.75) is 31.2 Å². The van der Waals surface area contributed by atoms with Crippen molar-refractivity contribution in [2.24, 2.45) is 0 Å². The van der Waals surface area contributed by atoms with Gasteiger partial charge in [-0.15, -0.1) is 0 Å². The van der Waals surface area contributed by atoms with E-state index < -0.39 is 23.2 Å². The zero-order valence-electron chi connectivity index (χ0n) is 10.3. The lowest BCUT2D eigenvalue weighted by molar-refractivity contribution is -0.144. The SMILES string of the molecule is Nc1ccc(C(=O)NC2(C(=O)O)CCCC2)cc1F. The van der Waals surface area contributed by atoms with E-state index in [0.29, 0.717) is 12.8 Å². The summed E-state index contributed by atoms with van der Waals surface area (Å²) in [6.45, 7) is 0. The Morgan fingerprint density at radius 2 is 1.95 bits per heavy atom. The first-order chi connectivity index (χ1) is 8.94. The van der Waals surface area contributed by atoms with E-state index in [9.17, 15) is 19.1 Å². The molecular formula is C13H15FN2O3. The summed E-state index contributed by atoms with van der Waals surface area (Å²) >= 11 is 0. The predicted octanol–water partition coefficient (Wildman–Crippen LogP) is 1.54. The van der Waals surface area contributed by atoms with Gasteiger partial charge in [-0.25, -0.2) is 9.18 Å². The van der Waals surface area contributed by atoms with Crippen LogP contribution in [-0.2, 0) is 4.79 Å². The summed E-state index contributed by atoms with van der Waals surface area (Å²) in [6.07, 6.45) is 2.29. The van der Waals surface area contributed by atoms with Crippen LogP contribution in [0.25, 0.3) is 0 Å². The van der Waals surface area contributed by atoms with E-state index in [1.807, 2.05) is 0 Å². The molecule has 6 heteroatoms. The maximum absolute atomic E-state index is 13.3. The highest BCUT2D eigenvalue weighted by Crippen LogP contribution is 2.30. The second-order valence-corrected chi connectivity index (χ2v) is 4.78. The van der Waals surface area contributed by atoms with Gasteiger partial charge in [-0.2, -0.15) is 0 Å². The van der Waals surface area contributed by atoms with Crippen LogP contribution in [0.3, 0.4) is 0 Å². The number of nitrogens with one attached hydrogen (secondary N) is 1. The molecule has 0 aliphatic heterocycles. The Morgan fingerprint density at radius 3 is 2.47 bits per heavy atom. The minimum atomic E-state index is -1.23. The number of benzene rings is 1. The molecule has 5 nitrogen and oxygen atoms in total. The van der Waals surface area contributed by atoms with E-state index in [-0.39, 0.29) is 11.3 Å². The van der Waals surface area contributed by atoms with Crippen LogP contribution < -0.4 is 11.1 Å². The highest BCUT2D eigenvalue weighted by molar-refractivity contribution is 5.98. The topological polar surface area (TPSA) is 92.4 Å². The summed E-state index contributed by atoms with van der Waals surface area (Å²) in [4.78, 5) is 23.3. The molecule has 0 saturated heterocycles. The molecule has 1 amide bonds. The smallest absolute Gasteiger partial charge is 0.329 e. The Balaban J connectivity index is 2.20. The Bertz CT molecular complexity index is 525. The minimum absolute atomic E-state index is 0.0506. The molecule has 19 heavy (non-hydrogen) atoms. The molecule has 102 valence electrons. The van der Waals surface area contributed by atoms with Crippen LogP contribution in [0.4, 0.5) is 10.1 Å². The van der Waals surface area contributed by atoms with E-state index in [1.165, 1.54) is 12.1 Å². The molecule has 4 N–H and O–H groups in total. The summed E-state index contributed by atoms with van der Waals surface area (Å²) in [5.74, 6) is -2.33. The monoisotopic (exact) mass is 266 g/mol. The average molecular weight is 266 g/mol. The number of hydrogen-bond donors (Lipinski definition) is 3. The molecule has 0 radical (unpaired) electrons. The number of rotatable bonds is 3. The number of carboxylic acids is 1. The van der Waals surface area contributed by atoms with Gasteiger partial charge in [0, 0.05) is 5.56 Å². The molecule has 1 fully saturated rings. The lowest BCUT2D eigenvalue weighted by atomic mass is 9.97. The van der Waals surface area contributed by atoms with Crippen LogP contribution in [0.2, 0.25) is 0 Å². The van der Waals surface area contributed by atoms with E-state index >= 15 is 0 Å². The number of carbonyl (C=O) groups is 2. The zero-order valence-corrected chi connectivity index (χ0v) is 10.3. The van der Waals surface area contributed by atoms with E-state index in [1.54, 1.807) is 0 Å². The van der Waals surface area contributed by atoms with Crippen molar-refractivity contribution in [2.75, 3.05) is 5.73 Å². The number of nitrogen functional groups attached to an aromatic ring is 1. The summed E-state index contributed by atoms with van der Waals surface area (Å²) in [5, 5.41) is 11.8. The second kappa shape index (κ2) is 4.87. The van der Waals surface area contributed by atoms with Gasteiger partial charge in [0.2, 0.25) is 0 Å². The van der Waals surface area contributed by atoms with Crippen molar-refractivity contribution in [3.8, 4) is 0 Å². The minimum Gasteiger partial charge on any atom is -0.480 e. The highest BCUT2D eigenvalue weighted by atomic mass is 19.1. The van der Waals surface area contributed by atoms with Crippen LogP contribution in [0.1, 0.15) is 36.0 Å². The number of hydrogen-bond acceptors (Lipinski definition) is 3. The van der Waals surface area contributed by atoms with E-state index in [2.05, 4.69) is 5.32 Å². The third-order valence-corrected chi connectivity index (χ3v) is 3.48. The van der Waals surface area contributed by atoms with Gasteiger partial charge in [-0.3, -0.25) is 4.79 Å². The summed E-state index contributed by atoms with van der Waals surface area (Å²) in [5.41, 5.74) is 4.12. The fraction of sp³-hybridized carbons (Fsp3) is 0.385. The highest BCUT2D eigenvalue weighted by Gasteiger charge is 2.42. The van der Waals surface area contributed by atoms with Gasteiger partial charge >= 0.3 is 5.97 Å². The summed E-state index contributed by atoms with van der Waals surface area (Å²) in [7, 11) is 0. The van der Waals surface area contributed by atoms with Crippen molar-refractivity contribution in [1.82, 2.24) is 5.32 Å². The standard InChI is InChI=1S/C13H15FN2O3/c14-9-7-8(3-4-10(9)15)11(17)16-13(12(18)19)5-1-2-6-13/h3-4,7H,1-2,5-6,15H2,(H,16,17)(H,18,19). The van der Waals surface area contributed by atoms with Gasteiger partial charge in [-0.1, -0.05) is 12.8 Å². The van der Waals surface area contributed by atoms with Gasteiger partial charge in [-0.05, 0) is 31.0 Å². The third kappa shape index (κ3) is 2.52. The molecule has 0 bridgehead atoms. The molecule has 1 aliphatic carbocycles. The molecule has 2 rings (SSSR count). The van der Waals surface area contributed by atoms with Crippen LogP contribution >= 0.6 is 0 Å². The van der Waals surface area contributed by atoms with Crippen LogP contribution in [0, 0.1) is 5.82 Å². The van der Waals surface area contributed by atoms with Crippen molar-refractivity contribution in [3.05, 3.63) is 29.6 Å². The molecule has 1 aliphatic rings. The van der Waals surface area contributed by atoms with Gasteiger partial charge in [0.25, 0.3) is 5.91 Å². The Kier molecular flexibility index (Phi) is 3.42. The average Bonchev–Trinajstić information content (AvgIpc) is 2.82. The Morgan fingerprint density at radius 1 is 1.32 bits per heavy atom. The fourth-order valence-corrected chi connectivity index (χ4v) is 2.33. The number of carbonyl (C=O) groups excluding carboxylic acids is 1. The number of anilines is 1.